The lowest BCUT2D eigenvalue weighted by atomic mass is 9.92. The van der Waals surface area contributed by atoms with Crippen LogP contribution < -0.4 is 0 Å². The summed E-state index contributed by atoms with van der Waals surface area (Å²) in [5.74, 6) is 0. The molecule has 0 saturated heterocycles. The van der Waals surface area contributed by atoms with Crippen molar-refractivity contribution >= 4 is 0 Å². The second-order valence-electron chi connectivity index (χ2n) is 6.49. The van der Waals surface area contributed by atoms with Gasteiger partial charge >= 0.3 is 0 Å². The lowest BCUT2D eigenvalue weighted by molar-refractivity contribution is 0.0176. The maximum atomic E-state index is 10.4. The second-order valence-corrected chi connectivity index (χ2v) is 6.49. The van der Waals surface area contributed by atoms with Crippen LogP contribution in [-0.4, -0.2) is 45.5 Å². The molecule has 1 N–H and O–H groups in total. The number of likely N-dealkylation sites (N-methyl/N-ethyl adjacent to an activating group) is 1. The molecule has 0 aliphatic heterocycles. The maximum absolute atomic E-state index is 10.4. The van der Waals surface area contributed by atoms with Crippen molar-refractivity contribution in [1.82, 2.24) is 14.7 Å². The lowest BCUT2D eigenvalue weighted by Gasteiger charge is -2.36. The van der Waals surface area contributed by atoms with Gasteiger partial charge in [-0.3, -0.25) is 4.68 Å². The summed E-state index contributed by atoms with van der Waals surface area (Å²) in [4.78, 5) is 2.06. The molecule has 1 saturated carbocycles. The molecule has 0 spiro atoms. The Hall–Kier alpha value is -0.870. The van der Waals surface area contributed by atoms with Crippen molar-refractivity contribution in [3.63, 3.8) is 0 Å². The van der Waals surface area contributed by atoms with Crippen LogP contribution in [0.2, 0.25) is 0 Å². The standard InChI is InChI=1S/C15H27N3O/c1-15(2,17(3)4)14(19)11-12-9-10-18(16-12)13-7-5-6-8-13/h9-10,13-14,19H,5-8,11H2,1-4H3. The highest BCUT2D eigenvalue weighted by Crippen LogP contribution is 2.29. The van der Waals surface area contributed by atoms with Gasteiger partial charge in [0.1, 0.15) is 0 Å². The predicted octanol–water partition coefficient (Wildman–Crippen LogP) is 2.24. The topological polar surface area (TPSA) is 41.3 Å². The van der Waals surface area contributed by atoms with E-state index in [-0.39, 0.29) is 5.54 Å². The van der Waals surface area contributed by atoms with Crippen molar-refractivity contribution in [2.24, 2.45) is 0 Å². The van der Waals surface area contributed by atoms with Crippen LogP contribution in [0.25, 0.3) is 0 Å². The number of hydrogen-bond donors (Lipinski definition) is 1. The summed E-state index contributed by atoms with van der Waals surface area (Å²) in [6.07, 6.45) is 7.40. The van der Waals surface area contributed by atoms with E-state index in [4.69, 9.17) is 0 Å². The average Bonchev–Trinajstić information content (AvgIpc) is 2.97. The van der Waals surface area contributed by atoms with E-state index >= 15 is 0 Å². The van der Waals surface area contributed by atoms with Crippen LogP contribution in [0.1, 0.15) is 51.3 Å². The van der Waals surface area contributed by atoms with Crippen molar-refractivity contribution < 1.29 is 5.11 Å². The summed E-state index contributed by atoms with van der Waals surface area (Å²) in [7, 11) is 4.00. The normalized spacial score (nSPS) is 19.3. The van der Waals surface area contributed by atoms with Crippen LogP contribution in [0.3, 0.4) is 0 Å². The van der Waals surface area contributed by atoms with Crippen LogP contribution in [0.15, 0.2) is 12.3 Å². The fraction of sp³-hybridized carbons (Fsp3) is 0.800. The molecule has 1 unspecified atom stereocenters. The summed E-state index contributed by atoms with van der Waals surface area (Å²) in [6.45, 7) is 4.12. The summed E-state index contributed by atoms with van der Waals surface area (Å²) >= 11 is 0. The van der Waals surface area contributed by atoms with E-state index in [1.165, 1.54) is 25.7 Å². The molecular formula is C15H27N3O. The quantitative estimate of drug-likeness (QED) is 0.887. The summed E-state index contributed by atoms with van der Waals surface area (Å²) in [5, 5.41) is 15.0. The first-order valence-electron chi connectivity index (χ1n) is 7.31. The molecule has 0 bridgehead atoms. The Bertz CT molecular complexity index is 405. The van der Waals surface area contributed by atoms with Gasteiger partial charge in [0.2, 0.25) is 0 Å². The monoisotopic (exact) mass is 265 g/mol. The fourth-order valence-corrected chi connectivity index (χ4v) is 2.60. The fourth-order valence-electron chi connectivity index (χ4n) is 2.60. The highest BCUT2D eigenvalue weighted by atomic mass is 16.3. The van der Waals surface area contributed by atoms with Gasteiger partial charge in [0.25, 0.3) is 0 Å². The zero-order valence-corrected chi connectivity index (χ0v) is 12.6. The van der Waals surface area contributed by atoms with Crippen LogP contribution in [0, 0.1) is 0 Å². The highest BCUT2D eigenvalue weighted by Gasteiger charge is 2.30. The molecule has 1 aliphatic carbocycles. The molecule has 1 aliphatic rings. The Kier molecular flexibility index (Phi) is 4.31. The molecule has 4 nitrogen and oxygen atoms in total. The molecule has 0 amide bonds. The van der Waals surface area contributed by atoms with Crippen molar-refractivity contribution in [3.8, 4) is 0 Å². The third kappa shape index (κ3) is 3.18. The number of rotatable bonds is 5. The molecular weight excluding hydrogens is 238 g/mol. The zero-order valence-electron chi connectivity index (χ0n) is 12.6. The minimum atomic E-state index is -0.408. The van der Waals surface area contributed by atoms with E-state index < -0.39 is 6.10 Å². The maximum Gasteiger partial charge on any atom is 0.0774 e. The number of nitrogens with zero attached hydrogens (tertiary/aromatic N) is 3. The Morgan fingerprint density at radius 3 is 2.63 bits per heavy atom. The van der Waals surface area contributed by atoms with Crippen LogP contribution in [-0.2, 0) is 6.42 Å². The van der Waals surface area contributed by atoms with E-state index in [9.17, 15) is 5.11 Å². The minimum absolute atomic E-state index is 0.239. The van der Waals surface area contributed by atoms with E-state index in [0.29, 0.717) is 12.5 Å². The van der Waals surface area contributed by atoms with Crippen LogP contribution in [0.4, 0.5) is 0 Å². The van der Waals surface area contributed by atoms with E-state index in [0.717, 1.165) is 5.69 Å². The average molecular weight is 265 g/mol. The SMILES string of the molecule is CN(C)C(C)(C)C(O)Cc1ccn(C2CCCC2)n1. The third-order valence-corrected chi connectivity index (χ3v) is 4.73. The molecule has 2 rings (SSSR count). The molecule has 1 atom stereocenters. The number of aromatic nitrogens is 2. The molecule has 1 aromatic heterocycles. The minimum Gasteiger partial charge on any atom is -0.391 e. The molecule has 19 heavy (non-hydrogen) atoms. The molecule has 0 radical (unpaired) electrons. The third-order valence-electron chi connectivity index (χ3n) is 4.73. The summed E-state index contributed by atoms with van der Waals surface area (Å²) in [5.41, 5.74) is 0.756. The zero-order chi connectivity index (χ0) is 14.0. The summed E-state index contributed by atoms with van der Waals surface area (Å²) < 4.78 is 2.09. The molecule has 108 valence electrons. The van der Waals surface area contributed by atoms with Crippen LogP contribution in [0.5, 0.6) is 0 Å². The van der Waals surface area contributed by atoms with Gasteiger partial charge < -0.3 is 10.0 Å². The van der Waals surface area contributed by atoms with Crippen LogP contribution >= 0.6 is 0 Å². The van der Waals surface area contributed by atoms with E-state index in [1.54, 1.807) is 0 Å². The Labute approximate surface area is 116 Å². The smallest absolute Gasteiger partial charge is 0.0774 e. The van der Waals surface area contributed by atoms with Crippen molar-refractivity contribution in [3.05, 3.63) is 18.0 Å². The van der Waals surface area contributed by atoms with Crippen molar-refractivity contribution in [2.75, 3.05) is 14.1 Å². The van der Waals surface area contributed by atoms with E-state index in [2.05, 4.69) is 34.7 Å². The van der Waals surface area contributed by atoms with Gasteiger partial charge in [0.05, 0.1) is 17.8 Å². The van der Waals surface area contributed by atoms with Crippen molar-refractivity contribution in [2.45, 2.75) is 63.6 Å². The Morgan fingerprint density at radius 1 is 1.42 bits per heavy atom. The first-order chi connectivity index (χ1) is 8.91. The Balaban J connectivity index is 1.99. The van der Waals surface area contributed by atoms with Gasteiger partial charge in [0, 0.05) is 18.2 Å². The molecule has 1 aromatic rings. The van der Waals surface area contributed by atoms with Crippen molar-refractivity contribution in [1.29, 1.82) is 0 Å². The first kappa shape index (κ1) is 14.5. The highest BCUT2D eigenvalue weighted by molar-refractivity contribution is 5.04. The van der Waals surface area contributed by atoms with Gasteiger partial charge in [-0.2, -0.15) is 5.10 Å². The number of aliphatic hydroxyl groups is 1. The molecule has 4 heteroatoms. The number of aliphatic hydroxyl groups excluding tert-OH is 1. The molecule has 1 heterocycles. The number of hydrogen-bond acceptors (Lipinski definition) is 3. The van der Waals surface area contributed by atoms with Gasteiger partial charge in [-0.25, -0.2) is 0 Å². The largest absolute Gasteiger partial charge is 0.391 e. The van der Waals surface area contributed by atoms with Gasteiger partial charge in [-0.05, 0) is 46.9 Å². The lowest BCUT2D eigenvalue weighted by Crippen LogP contribution is -2.49. The first-order valence-corrected chi connectivity index (χ1v) is 7.31. The predicted molar refractivity (Wildman–Crippen MR) is 77.2 cm³/mol. The molecule has 0 aromatic carbocycles. The Morgan fingerprint density at radius 2 is 2.05 bits per heavy atom. The second kappa shape index (κ2) is 5.63. The molecule has 1 fully saturated rings. The van der Waals surface area contributed by atoms with Gasteiger partial charge in [-0.15, -0.1) is 0 Å². The van der Waals surface area contributed by atoms with Gasteiger partial charge in [-0.1, -0.05) is 12.8 Å². The van der Waals surface area contributed by atoms with E-state index in [1.807, 2.05) is 20.2 Å². The van der Waals surface area contributed by atoms with Gasteiger partial charge in [0.15, 0.2) is 0 Å². The summed E-state index contributed by atoms with van der Waals surface area (Å²) in [6, 6.07) is 2.63.